The van der Waals surface area contributed by atoms with E-state index in [4.69, 9.17) is 70.3 Å². The third-order valence-electron chi connectivity index (χ3n) is 4.08. The Balaban J connectivity index is 1.83. The first kappa shape index (κ1) is 28.0. The number of oxime groups is 1. The van der Waals surface area contributed by atoms with E-state index in [1.54, 1.807) is 12.1 Å². The van der Waals surface area contributed by atoms with Crippen LogP contribution in [0.2, 0.25) is 10.0 Å². The number of halogens is 4. The Morgan fingerprint density at radius 2 is 1.62 bits per heavy atom. The second kappa shape index (κ2) is 14.9. The lowest BCUT2D eigenvalue weighted by Gasteiger charge is -2.13. The molecule has 0 amide bonds. The average molecular weight is 550 g/mol. The fourth-order valence-electron chi connectivity index (χ4n) is 2.64. The summed E-state index contributed by atoms with van der Waals surface area (Å²) in [5.74, 6) is 1.54. The normalized spacial score (nSPS) is 10.9. The minimum Gasteiger partial charge on any atom is -0.493 e. The van der Waals surface area contributed by atoms with Crippen molar-refractivity contribution in [3.05, 3.63) is 74.9 Å². The van der Waals surface area contributed by atoms with Crippen LogP contribution in [-0.2, 0) is 9.68 Å². The Hall–Kier alpha value is -2.29. The molecular formula is C23H24Cl4N2O5. The summed E-state index contributed by atoms with van der Waals surface area (Å²) in [7, 11) is 2.94. The van der Waals surface area contributed by atoms with Gasteiger partial charge in [0.2, 0.25) is 0 Å². The topological polar surface area (TPSA) is 70.5 Å². The van der Waals surface area contributed by atoms with Crippen molar-refractivity contribution in [3.8, 4) is 17.2 Å². The summed E-state index contributed by atoms with van der Waals surface area (Å²) in [6.45, 7) is 4.84. The SMILES string of the molecule is C=C(NOC)C(=NOC)c1ccc(OCCCOc2c(Cl)cc(OCC=C(Cl)Cl)cc2Cl)cc1. The maximum absolute atomic E-state index is 6.26. The highest BCUT2D eigenvalue weighted by Gasteiger charge is 2.12. The van der Waals surface area contributed by atoms with Gasteiger partial charge in [-0.05, 0) is 30.3 Å². The number of benzene rings is 2. The first-order chi connectivity index (χ1) is 16.3. The monoisotopic (exact) mass is 548 g/mol. The summed E-state index contributed by atoms with van der Waals surface area (Å²) in [5.41, 5.74) is 4.39. The molecule has 2 aromatic rings. The molecule has 184 valence electrons. The van der Waals surface area contributed by atoms with Gasteiger partial charge in [-0.15, -0.1) is 0 Å². The van der Waals surface area contributed by atoms with Crippen molar-refractivity contribution in [1.82, 2.24) is 5.48 Å². The molecule has 0 saturated heterocycles. The van der Waals surface area contributed by atoms with Crippen LogP contribution in [0.15, 0.2) is 64.4 Å². The van der Waals surface area contributed by atoms with Gasteiger partial charge in [-0.2, -0.15) is 0 Å². The van der Waals surface area contributed by atoms with Gasteiger partial charge in [0.25, 0.3) is 0 Å². The predicted molar refractivity (Wildman–Crippen MR) is 137 cm³/mol. The molecule has 1 N–H and O–H groups in total. The Bertz CT molecular complexity index is 986. The summed E-state index contributed by atoms with van der Waals surface area (Å²) in [4.78, 5) is 9.75. The molecule has 0 aliphatic heterocycles. The van der Waals surface area contributed by atoms with Gasteiger partial charge in [-0.1, -0.05) is 58.1 Å². The van der Waals surface area contributed by atoms with Crippen molar-refractivity contribution in [2.45, 2.75) is 6.42 Å². The van der Waals surface area contributed by atoms with Crippen LogP contribution in [0.3, 0.4) is 0 Å². The Labute approximate surface area is 218 Å². The summed E-state index contributed by atoms with van der Waals surface area (Å²) in [6.07, 6.45) is 2.11. The van der Waals surface area contributed by atoms with Gasteiger partial charge in [0.05, 0.1) is 36.1 Å². The third-order valence-corrected chi connectivity index (χ3v) is 4.95. The number of hydroxylamine groups is 1. The predicted octanol–water partition coefficient (Wildman–Crippen LogP) is 6.55. The van der Waals surface area contributed by atoms with Crippen molar-refractivity contribution in [3.63, 3.8) is 0 Å². The number of nitrogens with zero attached hydrogens (tertiary/aromatic N) is 1. The quantitative estimate of drug-likeness (QED) is 0.163. The molecular weight excluding hydrogens is 526 g/mol. The van der Waals surface area contributed by atoms with Crippen molar-refractivity contribution in [1.29, 1.82) is 0 Å². The minimum absolute atomic E-state index is 0.116. The molecule has 2 rings (SSSR count). The van der Waals surface area contributed by atoms with Gasteiger partial charge in [-0.3, -0.25) is 10.3 Å². The van der Waals surface area contributed by atoms with Crippen LogP contribution in [0.4, 0.5) is 0 Å². The molecule has 11 heteroatoms. The largest absolute Gasteiger partial charge is 0.493 e. The Morgan fingerprint density at radius 3 is 2.21 bits per heavy atom. The van der Waals surface area contributed by atoms with Crippen LogP contribution in [0.25, 0.3) is 0 Å². The lowest BCUT2D eigenvalue weighted by atomic mass is 10.1. The van der Waals surface area contributed by atoms with Gasteiger partial charge in [0, 0.05) is 24.1 Å². The molecule has 0 saturated carbocycles. The number of hydrogen-bond acceptors (Lipinski definition) is 7. The van der Waals surface area contributed by atoms with Crippen molar-refractivity contribution in [2.24, 2.45) is 5.16 Å². The Kier molecular flexibility index (Phi) is 12.2. The van der Waals surface area contributed by atoms with E-state index in [1.165, 1.54) is 20.3 Å². The molecule has 0 bridgehead atoms. The third kappa shape index (κ3) is 9.16. The number of allylic oxidation sites excluding steroid dienone is 1. The second-order valence-corrected chi connectivity index (χ2v) is 8.33. The second-order valence-electron chi connectivity index (χ2n) is 6.50. The fraction of sp³-hybridized carbons (Fsp3) is 0.261. The summed E-state index contributed by atoms with van der Waals surface area (Å²) >= 11 is 23.6. The minimum atomic E-state index is 0.116. The summed E-state index contributed by atoms with van der Waals surface area (Å²) in [5, 5.41) is 4.64. The van der Waals surface area contributed by atoms with Crippen LogP contribution in [0.1, 0.15) is 12.0 Å². The summed E-state index contributed by atoms with van der Waals surface area (Å²) in [6, 6.07) is 10.5. The van der Waals surface area contributed by atoms with Crippen LogP contribution >= 0.6 is 46.4 Å². The van der Waals surface area contributed by atoms with Gasteiger partial charge in [0.15, 0.2) is 5.75 Å². The van der Waals surface area contributed by atoms with Gasteiger partial charge in [0.1, 0.15) is 35.4 Å². The van der Waals surface area contributed by atoms with E-state index in [9.17, 15) is 0 Å². The smallest absolute Gasteiger partial charge is 0.156 e. The van der Waals surface area contributed by atoms with Gasteiger partial charge >= 0.3 is 0 Å². The van der Waals surface area contributed by atoms with Crippen LogP contribution in [0.5, 0.6) is 17.2 Å². The van der Waals surface area contributed by atoms with Gasteiger partial charge in [-0.25, -0.2) is 0 Å². The molecule has 0 fully saturated rings. The van der Waals surface area contributed by atoms with Crippen molar-refractivity contribution < 1.29 is 23.9 Å². The first-order valence-electron chi connectivity index (χ1n) is 9.94. The molecule has 0 atom stereocenters. The fourth-order valence-corrected chi connectivity index (χ4v) is 3.34. The maximum atomic E-state index is 6.26. The number of ether oxygens (including phenoxy) is 3. The zero-order valence-electron chi connectivity index (χ0n) is 18.6. The number of rotatable bonds is 14. The van der Waals surface area contributed by atoms with Crippen LogP contribution in [0, 0.1) is 0 Å². The molecule has 0 radical (unpaired) electrons. The standard InChI is InChI=1S/C23H24Cl4N2O5/c1-15(28-30-2)22(29-31-3)16-5-7-17(8-6-16)32-10-4-11-34-23-19(24)13-18(14-20(23)25)33-12-9-21(26)27/h5-9,13-14,28H,1,4,10-12H2,2-3H3. The molecule has 0 aliphatic rings. The number of nitrogens with one attached hydrogen (secondary N) is 1. The Morgan fingerprint density at radius 1 is 0.971 bits per heavy atom. The first-order valence-corrected chi connectivity index (χ1v) is 11.4. The lowest BCUT2D eigenvalue weighted by Crippen LogP contribution is -2.19. The van der Waals surface area contributed by atoms with E-state index in [0.29, 0.717) is 58.3 Å². The highest BCUT2D eigenvalue weighted by molar-refractivity contribution is 6.55. The molecule has 0 spiro atoms. The van der Waals surface area contributed by atoms with E-state index in [-0.39, 0.29) is 11.1 Å². The lowest BCUT2D eigenvalue weighted by molar-refractivity contribution is 0.122. The van der Waals surface area contributed by atoms with E-state index in [1.807, 2.05) is 24.3 Å². The van der Waals surface area contributed by atoms with Crippen LogP contribution in [-0.4, -0.2) is 39.8 Å². The maximum Gasteiger partial charge on any atom is 0.156 e. The molecule has 0 aliphatic carbocycles. The summed E-state index contributed by atoms with van der Waals surface area (Å²) < 4.78 is 17.1. The molecule has 7 nitrogen and oxygen atoms in total. The molecule has 34 heavy (non-hydrogen) atoms. The zero-order chi connectivity index (χ0) is 24.9. The highest BCUT2D eigenvalue weighted by atomic mass is 35.5. The number of hydrogen-bond donors (Lipinski definition) is 1. The van der Waals surface area contributed by atoms with Crippen LogP contribution < -0.4 is 19.7 Å². The molecule has 0 unspecified atom stereocenters. The van der Waals surface area contributed by atoms with Gasteiger partial charge < -0.3 is 19.0 Å². The van der Waals surface area contributed by atoms with E-state index in [0.717, 1.165) is 5.56 Å². The van der Waals surface area contributed by atoms with Crippen molar-refractivity contribution in [2.75, 3.05) is 34.0 Å². The average Bonchev–Trinajstić information content (AvgIpc) is 2.79. The highest BCUT2D eigenvalue weighted by Crippen LogP contribution is 2.37. The van der Waals surface area contributed by atoms with E-state index >= 15 is 0 Å². The van der Waals surface area contributed by atoms with Crippen molar-refractivity contribution >= 4 is 52.1 Å². The zero-order valence-corrected chi connectivity index (χ0v) is 21.6. The molecule has 0 aromatic heterocycles. The molecule has 2 aromatic carbocycles. The molecule has 0 heterocycles. The van der Waals surface area contributed by atoms with E-state index < -0.39 is 0 Å². The van der Waals surface area contributed by atoms with E-state index in [2.05, 4.69) is 17.2 Å².